The van der Waals surface area contributed by atoms with Gasteiger partial charge < -0.3 is 24.1 Å². The molecule has 6 rings (SSSR count). The van der Waals surface area contributed by atoms with Crippen LogP contribution in [0.4, 0.5) is 52.7 Å². The number of aromatic nitrogens is 2. The topological polar surface area (TPSA) is 117 Å². The number of carbonyl (C=O) groups is 2. The summed E-state index contributed by atoms with van der Waals surface area (Å²) in [5.41, 5.74) is 2.58. The Kier molecular flexibility index (Phi) is 27.0. The molecular formula is C67H76Cl2F12N2O7. The molecule has 6 aromatic rings. The van der Waals surface area contributed by atoms with Crippen LogP contribution >= 0.6 is 23.2 Å². The number of halogens is 14. The van der Waals surface area contributed by atoms with E-state index in [4.69, 9.17) is 32.7 Å². The SMILES string of the molecule is CCC(CC)(c1ccc(CCC(O)(C(F)(F)F)C(F)(F)F)c(C)c1)c1ccc(-c2cncc(CC(=O)OC)c2)c(C)c1.CCC(CC)(c1ccc(CCC(OCOC)(C(F)(F)F)C(F)(F)F)c(C)c1)c1ccc(-c2cncc(CC(=O)OC)c2)c(C)c1.ClCCl. The smallest absolute Gasteiger partial charge is 0.426 e. The fourth-order valence-corrected chi connectivity index (χ4v) is 11.4. The summed E-state index contributed by atoms with van der Waals surface area (Å²) in [6.45, 7) is 14.3. The average Bonchev–Trinajstić information content (AvgIpc) is 0.796. The molecule has 1 N–H and O–H groups in total. The van der Waals surface area contributed by atoms with Crippen molar-refractivity contribution in [1.29, 1.82) is 0 Å². The van der Waals surface area contributed by atoms with E-state index in [2.05, 4.69) is 31.6 Å². The van der Waals surface area contributed by atoms with Crippen LogP contribution in [0.2, 0.25) is 0 Å². The van der Waals surface area contributed by atoms with E-state index in [0.29, 0.717) is 47.9 Å². The maximum Gasteiger partial charge on any atom is 0.426 e. The van der Waals surface area contributed by atoms with Crippen LogP contribution < -0.4 is 0 Å². The summed E-state index contributed by atoms with van der Waals surface area (Å²) in [6.07, 6.45) is -17.4. The lowest BCUT2D eigenvalue weighted by Gasteiger charge is -2.37. The lowest BCUT2D eigenvalue weighted by Crippen LogP contribution is -2.59. The lowest BCUT2D eigenvalue weighted by atomic mass is 9.69. The standard InChI is InChI=1S/C34H39F6NO4.C32H35F6NO3.CH2Cl2/c1-7-31(8-2,28-11-12-29(23(4)16-28)26-17-24(19-41-20-26)18-30(42)44-6)27-10-9-25(22(3)15-27)13-14-32(33(35,36)37,34(38,39)40)45-21-43-5;1-6-29(7-2,25-9-8-23(20(3)14-25)12-13-30(41,31(33,34)35)32(36,37)38)26-10-11-27(21(4)15-26)24-16-22(18-39-19-24)17-28(40)42-5;2-1-3/h9-12,15-17,19-20H,7-8,13-14,18,21H2,1-6H3;8-11,14-16,18-19,41H,6-7,12-13,17H2,1-5H3;1H2. The second-order valence-corrected chi connectivity index (χ2v) is 22.7. The van der Waals surface area contributed by atoms with Crippen LogP contribution in [0.5, 0.6) is 0 Å². The third-order valence-corrected chi connectivity index (χ3v) is 16.9. The number of hydrogen-bond acceptors (Lipinski definition) is 9. The van der Waals surface area contributed by atoms with Gasteiger partial charge in [-0.1, -0.05) is 100 Å². The predicted octanol–water partition coefficient (Wildman–Crippen LogP) is 18.0. The number of pyridine rings is 2. The van der Waals surface area contributed by atoms with Gasteiger partial charge in [0.05, 0.1) is 32.4 Å². The molecule has 0 radical (unpaired) electrons. The van der Waals surface area contributed by atoms with E-state index in [1.165, 1.54) is 14.2 Å². The number of esters is 2. The van der Waals surface area contributed by atoms with E-state index in [9.17, 15) is 67.4 Å². The molecule has 0 aliphatic rings. The van der Waals surface area contributed by atoms with Crippen LogP contribution in [0, 0.1) is 27.7 Å². The third kappa shape index (κ3) is 17.5. The number of rotatable bonds is 23. The van der Waals surface area contributed by atoms with Crippen LogP contribution in [-0.2, 0) is 65.0 Å². The van der Waals surface area contributed by atoms with E-state index >= 15 is 0 Å². The molecule has 4 aromatic carbocycles. The van der Waals surface area contributed by atoms with Crippen molar-refractivity contribution in [1.82, 2.24) is 9.97 Å². The van der Waals surface area contributed by atoms with Crippen molar-refractivity contribution in [2.75, 3.05) is 33.5 Å². The number of hydrogen-bond donors (Lipinski definition) is 1. The number of nitrogens with zero attached hydrogens (tertiary/aromatic N) is 2. The first kappa shape index (κ1) is 76.2. The van der Waals surface area contributed by atoms with Crippen LogP contribution in [0.1, 0.15) is 133 Å². The molecular weight excluding hydrogens is 1240 g/mol. The molecule has 2 aromatic heterocycles. The Hall–Kier alpha value is -6.26. The Morgan fingerprint density at radius 3 is 1.10 bits per heavy atom. The summed E-state index contributed by atoms with van der Waals surface area (Å²) >= 11 is 9.53. The van der Waals surface area contributed by atoms with Crippen molar-refractivity contribution in [2.24, 2.45) is 0 Å². The monoisotopic (exact) mass is 1320 g/mol. The third-order valence-electron chi connectivity index (χ3n) is 16.9. The number of alkyl halides is 14. The molecule has 0 atom stereocenters. The van der Waals surface area contributed by atoms with E-state index in [1.807, 2.05) is 90.1 Å². The zero-order valence-corrected chi connectivity index (χ0v) is 53.5. The molecule has 9 nitrogen and oxygen atoms in total. The molecule has 0 spiro atoms. The Bertz CT molecular complexity index is 3310. The molecule has 0 saturated carbocycles. The van der Waals surface area contributed by atoms with Gasteiger partial charge >= 0.3 is 36.6 Å². The molecule has 90 heavy (non-hydrogen) atoms. The summed E-state index contributed by atoms with van der Waals surface area (Å²) in [6, 6.07) is 26.3. The Morgan fingerprint density at radius 2 is 0.811 bits per heavy atom. The molecule has 0 bridgehead atoms. The Labute approximate surface area is 527 Å². The minimum atomic E-state index is -5.85. The summed E-state index contributed by atoms with van der Waals surface area (Å²) in [5, 5.41) is 9.76. The number of ether oxygens (including phenoxy) is 4. The first-order valence-electron chi connectivity index (χ1n) is 28.7. The van der Waals surface area contributed by atoms with E-state index < -0.39 is 79.2 Å². The number of methoxy groups -OCH3 is 3. The first-order valence-corrected chi connectivity index (χ1v) is 29.8. The predicted molar refractivity (Wildman–Crippen MR) is 323 cm³/mol. The number of carbonyl (C=O) groups excluding carboxylic acids is 2. The molecule has 23 heteroatoms. The highest BCUT2D eigenvalue weighted by Gasteiger charge is 2.72. The summed E-state index contributed by atoms with van der Waals surface area (Å²) in [4.78, 5) is 32.0. The molecule has 0 aliphatic heterocycles. The quantitative estimate of drug-likeness (QED) is 0.0290. The number of benzene rings is 4. The van der Waals surface area contributed by atoms with Crippen LogP contribution in [0.3, 0.4) is 0 Å². The van der Waals surface area contributed by atoms with Crippen molar-refractivity contribution in [3.63, 3.8) is 0 Å². The van der Waals surface area contributed by atoms with Crippen LogP contribution in [0.15, 0.2) is 110 Å². The van der Waals surface area contributed by atoms with Gasteiger partial charge in [-0.25, -0.2) is 0 Å². The van der Waals surface area contributed by atoms with Gasteiger partial charge in [0.25, 0.3) is 11.2 Å². The first-order chi connectivity index (χ1) is 42.0. The number of aryl methyl sites for hydroxylation is 6. The maximum atomic E-state index is 13.8. The summed E-state index contributed by atoms with van der Waals surface area (Å²) in [5.74, 6) is -0.730. The van der Waals surface area contributed by atoms with E-state index in [-0.39, 0.29) is 30.1 Å². The fraction of sp³-hybridized carbons (Fsp3) is 0.463. The van der Waals surface area contributed by atoms with Gasteiger partial charge in [0.15, 0.2) is 0 Å². The van der Waals surface area contributed by atoms with Gasteiger partial charge in [-0.15, -0.1) is 23.2 Å². The molecule has 494 valence electrons. The van der Waals surface area contributed by atoms with Crippen LogP contribution in [-0.4, -0.2) is 96.4 Å². The van der Waals surface area contributed by atoms with Crippen molar-refractivity contribution in [3.8, 4) is 22.3 Å². The minimum Gasteiger partial charge on any atom is -0.469 e. The van der Waals surface area contributed by atoms with Gasteiger partial charge in [-0.05, 0) is 169 Å². The summed E-state index contributed by atoms with van der Waals surface area (Å²) in [7, 11) is 3.62. The number of aliphatic hydroxyl groups is 1. The lowest BCUT2D eigenvalue weighted by molar-refractivity contribution is -0.393. The van der Waals surface area contributed by atoms with Gasteiger partial charge in [-0.2, -0.15) is 52.7 Å². The zero-order valence-electron chi connectivity index (χ0n) is 52.0. The second-order valence-electron chi connectivity index (χ2n) is 21.9. The van der Waals surface area contributed by atoms with Crippen LogP contribution in [0.25, 0.3) is 22.3 Å². The highest BCUT2D eigenvalue weighted by molar-refractivity contribution is 6.40. The normalized spacial score (nSPS) is 12.6. The average molecular weight is 1320 g/mol. The van der Waals surface area contributed by atoms with E-state index in [0.717, 1.165) is 73.9 Å². The molecule has 0 unspecified atom stereocenters. The molecule has 0 aliphatic carbocycles. The largest absolute Gasteiger partial charge is 0.469 e. The summed E-state index contributed by atoms with van der Waals surface area (Å²) < 4.78 is 180. The van der Waals surface area contributed by atoms with Gasteiger partial charge in [0, 0.05) is 53.9 Å². The van der Waals surface area contributed by atoms with Gasteiger partial charge in [-0.3, -0.25) is 19.6 Å². The molecule has 0 fully saturated rings. The molecule has 0 saturated heterocycles. The fourth-order valence-electron chi connectivity index (χ4n) is 11.4. The Morgan fingerprint density at radius 1 is 0.478 bits per heavy atom. The Balaban J connectivity index is 0.000000369. The minimum absolute atomic E-state index is 0.101. The maximum absolute atomic E-state index is 13.8. The van der Waals surface area contributed by atoms with E-state index in [1.54, 1.807) is 62.9 Å². The van der Waals surface area contributed by atoms with Crippen molar-refractivity contribution >= 4 is 35.1 Å². The molecule has 0 amide bonds. The zero-order chi connectivity index (χ0) is 67.8. The highest BCUT2D eigenvalue weighted by atomic mass is 35.5. The second kappa shape index (κ2) is 31.9. The van der Waals surface area contributed by atoms with Crippen molar-refractivity contribution in [3.05, 3.63) is 176 Å². The van der Waals surface area contributed by atoms with Crippen molar-refractivity contribution < 1.29 is 86.3 Å². The highest BCUT2D eigenvalue weighted by Crippen LogP contribution is 2.50. The van der Waals surface area contributed by atoms with Crippen molar-refractivity contribution in [2.45, 2.75) is 166 Å². The van der Waals surface area contributed by atoms with Gasteiger partial charge in [0.1, 0.15) is 6.79 Å². The van der Waals surface area contributed by atoms with Gasteiger partial charge in [0.2, 0.25) is 0 Å². The molecule has 2 heterocycles.